The third-order valence-corrected chi connectivity index (χ3v) is 5.55. The average Bonchev–Trinajstić information content (AvgIpc) is 2.66. The first-order valence-electron chi connectivity index (χ1n) is 11.2. The van der Waals surface area contributed by atoms with Gasteiger partial charge in [0.05, 0.1) is 25.8 Å². The highest BCUT2D eigenvalue weighted by molar-refractivity contribution is 5.70. The minimum atomic E-state index is -1.22. The Morgan fingerprint density at radius 3 is 1.67 bits per heavy atom. The Balaban J connectivity index is 5.28. The SMILES string of the molecule is CCCCCCCCC/C=C/[N+](CC(C)C(=O)[O-])(CC(C)C(=O)O)CC(C)C(=O)O. The fourth-order valence-corrected chi connectivity index (χ4v) is 3.79. The van der Waals surface area contributed by atoms with Gasteiger partial charge in [-0.1, -0.05) is 52.4 Å². The molecule has 174 valence electrons. The van der Waals surface area contributed by atoms with Gasteiger partial charge in [-0.15, -0.1) is 0 Å². The fraction of sp³-hybridized carbons (Fsp3) is 0.783. The van der Waals surface area contributed by atoms with Gasteiger partial charge in [0.2, 0.25) is 0 Å². The monoisotopic (exact) mass is 427 g/mol. The molecule has 0 aromatic heterocycles. The Bertz CT molecular complexity index is 505. The fourth-order valence-electron chi connectivity index (χ4n) is 3.79. The van der Waals surface area contributed by atoms with Crippen LogP contribution in [0.5, 0.6) is 0 Å². The Morgan fingerprint density at radius 2 is 1.23 bits per heavy atom. The predicted molar refractivity (Wildman–Crippen MR) is 114 cm³/mol. The standard InChI is InChI=1S/C23H41NO6/c1-5-6-7-8-9-10-11-12-13-14-24(15-18(2)21(25)26,16-19(3)22(27)28)17-20(4)23(29)30/h13-14,18-20H,5-12,15-17H2,1-4H3,(H2-,25,26,27,28,29,30)/b14-13+. The third kappa shape index (κ3) is 12.0. The summed E-state index contributed by atoms with van der Waals surface area (Å²) in [5.74, 6) is -5.48. The van der Waals surface area contributed by atoms with Crippen molar-refractivity contribution in [1.82, 2.24) is 0 Å². The van der Waals surface area contributed by atoms with Gasteiger partial charge in [0.25, 0.3) is 0 Å². The summed E-state index contributed by atoms with van der Waals surface area (Å²) in [7, 11) is 0. The molecule has 0 aromatic carbocycles. The van der Waals surface area contributed by atoms with Gasteiger partial charge in [0.15, 0.2) is 0 Å². The minimum Gasteiger partial charge on any atom is -0.550 e. The summed E-state index contributed by atoms with van der Waals surface area (Å²) >= 11 is 0. The second-order valence-corrected chi connectivity index (χ2v) is 8.76. The molecule has 0 bridgehead atoms. The van der Waals surface area contributed by atoms with Crippen LogP contribution in [0.15, 0.2) is 12.3 Å². The predicted octanol–water partition coefficient (Wildman–Crippen LogP) is 3.29. The van der Waals surface area contributed by atoms with Crippen molar-refractivity contribution in [3.8, 4) is 0 Å². The van der Waals surface area contributed by atoms with Crippen LogP contribution in [0.4, 0.5) is 0 Å². The van der Waals surface area contributed by atoms with Gasteiger partial charge < -0.3 is 20.1 Å². The van der Waals surface area contributed by atoms with Gasteiger partial charge in [-0.2, -0.15) is 0 Å². The number of rotatable bonds is 18. The molecular formula is C23H41NO6. The summed E-state index contributed by atoms with van der Waals surface area (Å²) in [4.78, 5) is 34.3. The van der Waals surface area contributed by atoms with E-state index < -0.39 is 35.7 Å². The highest BCUT2D eigenvalue weighted by Crippen LogP contribution is 2.21. The van der Waals surface area contributed by atoms with Gasteiger partial charge in [-0.3, -0.25) is 14.1 Å². The first kappa shape index (κ1) is 28.1. The number of hydrogen-bond donors (Lipinski definition) is 2. The van der Waals surface area contributed by atoms with Crippen molar-refractivity contribution < 1.29 is 34.2 Å². The Hall–Kier alpha value is -1.89. The van der Waals surface area contributed by atoms with Crippen molar-refractivity contribution in [3.05, 3.63) is 12.3 Å². The molecule has 0 heterocycles. The van der Waals surface area contributed by atoms with Gasteiger partial charge in [-0.05, 0) is 32.8 Å². The van der Waals surface area contributed by atoms with E-state index in [0.29, 0.717) is 0 Å². The molecule has 0 spiro atoms. The first-order valence-corrected chi connectivity index (χ1v) is 11.2. The number of unbranched alkanes of at least 4 members (excludes halogenated alkanes) is 7. The van der Waals surface area contributed by atoms with Crippen molar-refractivity contribution in [1.29, 1.82) is 0 Å². The highest BCUT2D eigenvalue weighted by Gasteiger charge is 2.35. The lowest BCUT2D eigenvalue weighted by Crippen LogP contribution is -2.54. The number of carbonyl (C=O) groups is 3. The molecule has 0 radical (unpaired) electrons. The van der Waals surface area contributed by atoms with Gasteiger partial charge >= 0.3 is 11.9 Å². The summed E-state index contributed by atoms with van der Waals surface area (Å²) in [6.07, 6.45) is 12.9. The van der Waals surface area contributed by atoms with Crippen LogP contribution in [-0.4, -0.2) is 52.2 Å². The summed E-state index contributed by atoms with van der Waals surface area (Å²) in [6, 6.07) is 0. The van der Waals surface area contributed by atoms with Gasteiger partial charge in [0, 0.05) is 11.9 Å². The lowest BCUT2D eigenvalue weighted by atomic mass is 10.0. The summed E-state index contributed by atoms with van der Waals surface area (Å²) in [5, 5.41) is 30.1. The molecule has 3 unspecified atom stereocenters. The van der Waals surface area contributed by atoms with Crippen LogP contribution in [-0.2, 0) is 14.4 Å². The summed E-state index contributed by atoms with van der Waals surface area (Å²) in [5.41, 5.74) is 0. The first-order chi connectivity index (χ1) is 14.0. The third-order valence-electron chi connectivity index (χ3n) is 5.55. The maximum Gasteiger partial charge on any atom is 0.311 e. The van der Waals surface area contributed by atoms with Crippen LogP contribution in [0.25, 0.3) is 0 Å². The van der Waals surface area contributed by atoms with E-state index in [2.05, 4.69) is 6.92 Å². The number of carbonyl (C=O) groups excluding carboxylic acids is 1. The van der Waals surface area contributed by atoms with Crippen LogP contribution in [0.2, 0.25) is 0 Å². The van der Waals surface area contributed by atoms with Crippen LogP contribution in [0.1, 0.15) is 79.1 Å². The Labute approximate surface area is 181 Å². The highest BCUT2D eigenvalue weighted by atomic mass is 16.4. The number of quaternary nitrogens is 1. The molecule has 0 amide bonds. The summed E-state index contributed by atoms with van der Waals surface area (Å²) < 4.78 is 0.00653. The lowest BCUT2D eigenvalue weighted by molar-refractivity contribution is -0.886. The second-order valence-electron chi connectivity index (χ2n) is 8.76. The number of nitrogens with zero attached hydrogens (tertiary/aromatic N) is 1. The zero-order chi connectivity index (χ0) is 23.2. The maximum atomic E-state index is 11.5. The average molecular weight is 428 g/mol. The van der Waals surface area contributed by atoms with Crippen molar-refractivity contribution >= 4 is 17.9 Å². The van der Waals surface area contributed by atoms with Crippen molar-refractivity contribution in [2.45, 2.75) is 79.1 Å². The van der Waals surface area contributed by atoms with Crippen LogP contribution in [0, 0.1) is 17.8 Å². The minimum absolute atomic E-state index is 0.00653. The molecule has 30 heavy (non-hydrogen) atoms. The van der Waals surface area contributed by atoms with Gasteiger partial charge in [-0.25, -0.2) is 0 Å². The molecule has 2 N–H and O–H groups in total. The van der Waals surface area contributed by atoms with Crippen LogP contribution < -0.4 is 5.11 Å². The lowest BCUT2D eigenvalue weighted by Gasteiger charge is -2.39. The molecule has 0 aliphatic carbocycles. The quantitative estimate of drug-likeness (QED) is 0.256. The van der Waals surface area contributed by atoms with Crippen molar-refractivity contribution in [2.24, 2.45) is 17.8 Å². The molecule has 3 atom stereocenters. The summed E-state index contributed by atoms with van der Waals surface area (Å²) in [6.45, 7) is 7.21. The molecule has 0 saturated carbocycles. The van der Waals surface area contributed by atoms with Crippen LogP contribution in [0.3, 0.4) is 0 Å². The van der Waals surface area contributed by atoms with E-state index in [1.165, 1.54) is 39.0 Å². The Morgan fingerprint density at radius 1 is 0.800 bits per heavy atom. The van der Waals surface area contributed by atoms with E-state index in [0.717, 1.165) is 19.3 Å². The molecule has 0 aromatic rings. The van der Waals surface area contributed by atoms with Gasteiger partial charge in [0.1, 0.15) is 11.8 Å². The molecule has 0 fully saturated rings. The normalized spacial score (nSPS) is 16.7. The van der Waals surface area contributed by atoms with E-state index in [4.69, 9.17) is 0 Å². The molecule has 7 heteroatoms. The maximum absolute atomic E-state index is 11.5. The topological polar surface area (TPSA) is 115 Å². The smallest absolute Gasteiger partial charge is 0.311 e. The molecular weight excluding hydrogens is 386 g/mol. The molecule has 0 aliphatic heterocycles. The molecule has 7 nitrogen and oxygen atoms in total. The van der Waals surface area contributed by atoms with E-state index in [1.54, 1.807) is 13.8 Å². The Kier molecular flexibility index (Phi) is 14.0. The van der Waals surface area contributed by atoms with Crippen molar-refractivity contribution in [2.75, 3.05) is 19.6 Å². The van der Waals surface area contributed by atoms with E-state index >= 15 is 0 Å². The molecule has 0 aliphatic rings. The van der Waals surface area contributed by atoms with E-state index in [9.17, 15) is 29.7 Å². The number of allylic oxidation sites excluding steroid dienone is 1. The largest absolute Gasteiger partial charge is 0.550 e. The van der Waals surface area contributed by atoms with Crippen molar-refractivity contribution in [3.63, 3.8) is 0 Å². The zero-order valence-corrected chi connectivity index (χ0v) is 19.1. The zero-order valence-electron chi connectivity index (χ0n) is 19.1. The number of aliphatic carboxylic acids is 3. The number of carboxylic acids is 3. The second kappa shape index (κ2) is 15.0. The molecule has 0 rings (SSSR count). The molecule has 0 saturated heterocycles. The van der Waals surface area contributed by atoms with E-state index in [1.807, 2.05) is 12.3 Å². The number of carboxylic acid groups (broad SMARTS) is 3. The van der Waals surface area contributed by atoms with E-state index in [-0.39, 0.29) is 24.1 Å². The number of hydrogen-bond acceptors (Lipinski definition) is 4. The van der Waals surface area contributed by atoms with Crippen LogP contribution >= 0.6 is 0 Å².